The fourth-order valence-corrected chi connectivity index (χ4v) is 3.63. The second-order valence-electron chi connectivity index (χ2n) is 5.40. The van der Waals surface area contributed by atoms with E-state index in [1.165, 1.54) is 0 Å². The number of aryl methyl sites for hydroxylation is 2. The van der Waals surface area contributed by atoms with Crippen molar-refractivity contribution in [3.63, 3.8) is 0 Å². The zero-order chi connectivity index (χ0) is 16.7. The SMILES string of the molecule is Cc1ccc(OP(=O)(CCCNO)Oc2ccc(C)cc2)cc1. The Labute approximate surface area is 136 Å². The molecule has 0 aliphatic rings. The summed E-state index contributed by atoms with van der Waals surface area (Å²) in [6, 6.07) is 14.6. The topological polar surface area (TPSA) is 67.8 Å². The van der Waals surface area contributed by atoms with E-state index < -0.39 is 7.60 Å². The van der Waals surface area contributed by atoms with Crippen molar-refractivity contribution in [1.29, 1.82) is 0 Å². The van der Waals surface area contributed by atoms with Gasteiger partial charge < -0.3 is 14.3 Å². The van der Waals surface area contributed by atoms with Gasteiger partial charge in [0.25, 0.3) is 0 Å². The van der Waals surface area contributed by atoms with E-state index in [2.05, 4.69) is 5.48 Å². The Bertz CT molecular complexity index is 604. The fraction of sp³-hybridized carbons (Fsp3) is 0.294. The predicted molar refractivity (Wildman–Crippen MR) is 90.5 cm³/mol. The molecule has 6 heteroatoms. The number of nitrogens with one attached hydrogen (secondary N) is 1. The molecule has 0 aliphatic heterocycles. The summed E-state index contributed by atoms with van der Waals surface area (Å²) in [5.74, 6) is 1.01. The maximum atomic E-state index is 13.0. The lowest BCUT2D eigenvalue weighted by atomic mass is 10.2. The minimum absolute atomic E-state index is 0.197. The molecule has 23 heavy (non-hydrogen) atoms. The Hall–Kier alpha value is -1.81. The molecule has 5 nitrogen and oxygen atoms in total. The largest absolute Gasteiger partial charge is 0.430 e. The summed E-state index contributed by atoms with van der Waals surface area (Å²) in [5.41, 5.74) is 4.24. The number of hydrogen-bond acceptors (Lipinski definition) is 5. The molecule has 0 heterocycles. The lowest BCUT2D eigenvalue weighted by Gasteiger charge is -2.20. The zero-order valence-electron chi connectivity index (χ0n) is 13.4. The molecule has 124 valence electrons. The third kappa shape index (κ3) is 5.71. The first-order valence-corrected chi connectivity index (χ1v) is 9.22. The van der Waals surface area contributed by atoms with Crippen molar-refractivity contribution in [2.75, 3.05) is 12.7 Å². The minimum Gasteiger partial charge on any atom is -0.416 e. The van der Waals surface area contributed by atoms with Crippen LogP contribution in [0, 0.1) is 13.8 Å². The Balaban J connectivity index is 2.15. The van der Waals surface area contributed by atoms with Crippen molar-refractivity contribution < 1.29 is 18.8 Å². The van der Waals surface area contributed by atoms with Crippen LogP contribution in [0.1, 0.15) is 17.5 Å². The summed E-state index contributed by atoms with van der Waals surface area (Å²) in [5, 5.41) is 8.68. The number of rotatable bonds is 8. The normalized spacial score (nSPS) is 11.3. The van der Waals surface area contributed by atoms with Crippen molar-refractivity contribution in [3.8, 4) is 11.5 Å². The maximum absolute atomic E-state index is 13.0. The lowest BCUT2D eigenvalue weighted by Crippen LogP contribution is -2.13. The van der Waals surface area contributed by atoms with Crippen LogP contribution in [0.15, 0.2) is 48.5 Å². The molecule has 2 aromatic carbocycles. The fourth-order valence-electron chi connectivity index (χ4n) is 1.98. The van der Waals surface area contributed by atoms with E-state index in [9.17, 15) is 4.57 Å². The van der Waals surface area contributed by atoms with Crippen LogP contribution in [0.5, 0.6) is 11.5 Å². The molecule has 0 atom stereocenters. The first kappa shape index (κ1) is 17.5. The summed E-state index contributed by atoms with van der Waals surface area (Å²) < 4.78 is 24.4. The second kappa shape index (κ2) is 8.16. The van der Waals surface area contributed by atoms with Gasteiger partial charge in [-0.25, -0.2) is 10.0 Å². The van der Waals surface area contributed by atoms with Crippen molar-refractivity contribution in [2.24, 2.45) is 0 Å². The molecule has 0 aromatic heterocycles. The molecule has 0 unspecified atom stereocenters. The molecule has 2 rings (SSSR count). The quantitative estimate of drug-likeness (QED) is 0.427. The summed E-state index contributed by atoms with van der Waals surface area (Å²) in [6.07, 6.45) is 0.661. The van der Waals surface area contributed by atoms with Crippen LogP contribution in [0.4, 0.5) is 0 Å². The molecule has 2 N–H and O–H groups in total. The standard InChI is InChI=1S/C17H22NO4P/c1-14-4-8-16(9-5-14)21-23(20,13-3-12-18-19)22-17-10-6-15(2)7-11-17/h4-11,18-19H,3,12-13H2,1-2H3. The van der Waals surface area contributed by atoms with E-state index in [4.69, 9.17) is 14.3 Å². The van der Waals surface area contributed by atoms with Gasteiger partial charge in [-0.2, -0.15) is 0 Å². The number of hydroxylamine groups is 1. The molecule has 0 spiro atoms. The highest BCUT2D eigenvalue weighted by atomic mass is 31.2. The van der Waals surface area contributed by atoms with Crippen LogP contribution in [0.3, 0.4) is 0 Å². The molecule has 0 aliphatic carbocycles. The average molecular weight is 335 g/mol. The molecule has 0 saturated carbocycles. The van der Waals surface area contributed by atoms with Gasteiger partial charge in [-0.1, -0.05) is 35.4 Å². The van der Waals surface area contributed by atoms with E-state index in [0.717, 1.165) is 11.1 Å². The number of hydrogen-bond donors (Lipinski definition) is 2. The van der Waals surface area contributed by atoms with E-state index in [-0.39, 0.29) is 6.16 Å². The van der Waals surface area contributed by atoms with Crippen LogP contribution in [0.25, 0.3) is 0 Å². The van der Waals surface area contributed by atoms with Gasteiger partial charge in [0.2, 0.25) is 0 Å². The van der Waals surface area contributed by atoms with Gasteiger partial charge in [0.05, 0.1) is 6.16 Å². The van der Waals surface area contributed by atoms with Crippen molar-refractivity contribution in [2.45, 2.75) is 20.3 Å². The Morgan fingerprint density at radius 3 is 1.74 bits per heavy atom. The molecule has 0 amide bonds. The van der Waals surface area contributed by atoms with Gasteiger partial charge >= 0.3 is 7.60 Å². The summed E-state index contributed by atoms with van der Waals surface area (Å²) in [7, 11) is -3.37. The first-order valence-electron chi connectivity index (χ1n) is 7.49. The van der Waals surface area contributed by atoms with Gasteiger partial charge in [0.1, 0.15) is 11.5 Å². The van der Waals surface area contributed by atoms with Gasteiger partial charge in [0.15, 0.2) is 0 Å². The van der Waals surface area contributed by atoms with E-state index in [1.807, 2.05) is 38.1 Å². The minimum atomic E-state index is -3.37. The summed E-state index contributed by atoms with van der Waals surface area (Å²) in [6.45, 7) is 4.26. The monoisotopic (exact) mass is 335 g/mol. The van der Waals surface area contributed by atoms with Crippen LogP contribution in [-0.2, 0) is 4.57 Å². The highest BCUT2D eigenvalue weighted by Crippen LogP contribution is 2.48. The van der Waals surface area contributed by atoms with Crippen LogP contribution < -0.4 is 14.5 Å². The molecule has 0 radical (unpaired) electrons. The molecule has 2 aromatic rings. The number of benzene rings is 2. The van der Waals surface area contributed by atoms with Gasteiger partial charge in [-0.15, -0.1) is 0 Å². The van der Waals surface area contributed by atoms with Gasteiger partial charge in [0, 0.05) is 6.54 Å². The van der Waals surface area contributed by atoms with Gasteiger partial charge in [-0.05, 0) is 44.5 Å². The summed E-state index contributed by atoms with van der Waals surface area (Å²) in [4.78, 5) is 0. The van der Waals surface area contributed by atoms with Crippen LogP contribution in [-0.4, -0.2) is 17.9 Å². The van der Waals surface area contributed by atoms with Gasteiger partial charge in [-0.3, -0.25) is 0 Å². The Morgan fingerprint density at radius 1 is 0.913 bits per heavy atom. The van der Waals surface area contributed by atoms with E-state index in [1.54, 1.807) is 24.3 Å². The third-order valence-electron chi connectivity index (χ3n) is 3.25. The molecule has 0 fully saturated rings. The van der Waals surface area contributed by atoms with Crippen molar-refractivity contribution >= 4 is 7.60 Å². The third-order valence-corrected chi connectivity index (χ3v) is 5.09. The first-order chi connectivity index (χ1) is 11.0. The van der Waals surface area contributed by atoms with Crippen molar-refractivity contribution in [1.82, 2.24) is 5.48 Å². The molecule has 0 saturated heterocycles. The summed E-state index contributed by atoms with van der Waals surface area (Å²) >= 11 is 0. The molecular formula is C17H22NO4P. The Kier molecular flexibility index (Phi) is 6.22. The van der Waals surface area contributed by atoms with Crippen molar-refractivity contribution in [3.05, 3.63) is 59.7 Å². The maximum Gasteiger partial charge on any atom is 0.430 e. The highest BCUT2D eigenvalue weighted by Gasteiger charge is 2.27. The van der Waals surface area contributed by atoms with Crippen LogP contribution >= 0.6 is 7.60 Å². The average Bonchev–Trinajstić information content (AvgIpc) is 2.52. The molecular weight excluding hydrogens is 313 g/mol. The second-order valence-corrected chi connectivity index (χ2v) is 7.44. The molecule has 0 bridgehead atoms. The van der Waals surface area contributed by atoms with E-state index in [0.29, 0.717) is 24.5 Å². The highest BCUT2D eigenvalue weighted by molar-refractivity contribution is 7.54. The Morgan fingerprint density at radius 2 is 1.35 bits per heavy atom. The zero-order valence-corrected chi connectivity index (χ0v) is 14.3. The predicted octanol–water partition coefficient (Wildman–Crippen LogP) is 4.32. The smallest absolute Gasteiger partial charge is 0.416 e. The van der Waals surface area contributed by atoms with Crippen LogP contribution in [0.2, 0.25) is 0 Å². The van der Waals surface area contributed by atoms with E-state index >= 15 is 0 Å². The lowest BCUT2D eigenvalue weighted by molar-refractivity contribution is 0.167.